The quantitative estimate of drug-likeness (QED) is 0.109. The Labute approximate surface area is 247 Å². The highest BCUT2D eigenvalue weighted by Gasteiger charge is 2.30. The van der Waals surface area contributed by atoms with Gasteiger partial charge in [0.05, 0.1) is 43.2 Å². The lowest BCUT2D eigenvalue weighted by Gasteiger charge is -2.13. The summed E-state index contributed by atoms with van der Waals surface area (Å²) < 4.78 is 60.2. The molecule has 0 heterocycles. The molecular weight excluding hydrogens is 551 g/mol. The van der Waals surface area contributed by atoms with Crippen molar-refractivity contribution in [2.45, 2.75) is 77.3 Å². The van der Waals surface area contributed by atoms with Crippen LogP contribution in [-0.2, 0) is 29.9 Å². The van der Waals surface area contributed by atoms with Crippen LogP contribution in [0, 0.1) is 0 Å². The number of rotatable bonds is 22. The van der Waals surface area contributed by atoms with Gasteiger partial charge in [-0.3, -0.25) is 4.79 Å². The fourth-order valence-corrected chi connectivity index (χ4v) is 4.16. The predicted octanol–water partition coefficient (Wildman–Crippen LogP) is 8.10. The van der Waals surface area contributed by atoms with E-state index in [-0.39, 0.29) is 50.3 Å². The second-order valence-electron chi connectivity index (χ2n) is 9.91. The molecule has 7 nitrogen and oxygen atoms in total. The van der Waals surface area contributed by atoms with E-state index in [0.717, 1.165) is 31.4 Å². The van der Waals surface area contributed by atoms with E-state index in [9.17, 15) is 22.8 Å². The summed E-state index contributed by atoms with van der Waals surface area (Å²) in [5.41, 5.74) is -0.0865. The molecule has 0 saturated carbocycles. The monoisotopic (exact) mass is 595 g/mol. The Balaban J connectivity index is 1.50. The van der Waals surface area contributed by atoms with Crippen LogP contribution in [0.3, 0.4) is 0 Å². The van der Waals surface area contributed by atoms with Gasteiger partial charge in [0.25, 0.3) is 0 Å². The largest absolute Gasteiger partial charge is 0.463 e. The van der Waals surface area contributed by atoms with E-state index >= 15 is 0 Å². The highest BCUT2D eigenvalue weighted by atomic mass is 19.4. The third-order valence-corrected chi connectivity index (χ3v) is 6.42. The summed E-state index contributed by atoms with van der Waals surface area (Å²) in [6, 6.07) is 11.1. The van der Waals surface area contributed by atoms with Crippen molar-refractivity contribution in [3.05, 3.63) is 59.7 Å². The molecule has 0 fully saturated rings. The number of alkyl halides is 3. The van der Waals surface area contributed by atoms with Crippen molar-refractivity contribution in [1.82, 2.24) is 0 Å². The number of unbranched alkanes of at least 4 members (excludes halogenated alkanes) is 8. The maximum atomic E-state index is 13.0. The molecule has 0 atom stereocenters. The maximum absolute atomic E-state index is 13.0. The standard InChI is InChI=1S/C32H44F3NO6/c1-2-3-4-5-6-7-8-9-10-18-30(37)41-23-21-39-19-20-40-22-24-42-31(38)28-16-11-12-17-29(28)36-27-15-13-14-26(25-27)32(33,34)35/h11-17,25,36H,2-10,18-24H2,1H3. The minimum absolute atomic E-state index is 0.00675. The first kappa shape index (κ1) is 35.1. The van der Waals surface area contributed by atoms with Gasteiger partial charge in [-0.05, 0) is 36.8 Å². The van der Waals surface area contributed by atoms with Gasteiger partial charge in [0.15, 0.2) is 0 Å². The third kappa shape index (κ3) is 15.2. The molecule has 2 rings (SSSR count). The lowest BCUT2D eigenvalue weighted by Crippen LogP contribution is -2.15. The summed E-state index contributed by atoms with van der Waals surface area (Å²) in [7, 11) is 0. The van der Waals surface area contributed by atoms with E-state index in [1.807, 2.05) is 0 Å². The molecule has 42 heavy (non-hydrogen) atoms. The van der Waals surface area contributed by atoms with Crippen LogP contribution in [0.2, 0.25) is 0 Å². The minimum atomic E-state index is -4.47. The highest BCUT2D eigenvalue weighted by Crippen LogP contribution is 2.32. The van der Waals surface area contributed by atoms with Gasteiger partial charge in [0.2, 0.25) is 0 Å². The van der Waals surface area contributed by atoms with Crippen molar-refractivity contribution < 1.29 is 41.7 Å². The van der Waals surface area contributed by atoms with Gasteiger partial charge in [-0.2, -0.15) is 13.2 Å². The number of carbonyl (C=O) groups is 2. The number of ether oxygens (including phenoxy) is 4. The van der Waals surface area contributed by atoms with Gasteiger partial charge in [-0.1, -0.05) is 76.5 Å². The molecule has 0 spiro atoms. The second kappa shape index (κ2) is 20.7. The van der Waals surface area contributed by atoms with Crippen molar-refractivity contribution >= 4 is 23.3 Å². The summed E-state index contributed by atoms with van der Waals surface area (Å²) in [6.45, 7) is 3.40. The van der Waals surface area contributed by atoms with E-state index < -0.39 is 17.7 Å². The first-order valence-electron chi connectivity index (χ1n) is 14.8. The lowest BCUT2D eigenvalue weighted by atomic mass is 10.1. The number of hydrogen-bond acceptors (Lipinski definition) is 7. The fourth-order valence-electron chi connectivity index (χ4n) is 4.16. The number of esters is 2. The van der Waals surface area contributed by atoms with E-state index in [2.05, 4.69) is 12.2 Å². The molecule has 0 saturated heterocycles. The van der Waals surface area contributed by atoms with Crippen LogP contribution < -0.4 is 5.32 Å². The minimum Gasteiger partial charge on any atom is -0.463 e. The average Bonchev–Trinajstić information content (AvgIpc) is 2.97. The van der Waals surface area contributed by atoms with Gasteiger partial charge < -0.3 is 24.3 Å². The normalized spacial score (nSPS) is 11.3. The average molecular weight is 596 g/mol. The summed E-state index contributed by atoms with van der Waals surface area (Å²) in [4.78, 5) is 24.3. The van der Waals surface area contributed by atoms with Crippen molar-refractivity contribution in [1.29, 1.82) is 0 Å². The molecule has 10 heteroatoms. The molecule has 0 amide bonds. The topological polar surface area (TPSA) is 83.1 Å². The van der Waals surface area contributed by atoms with Crippen LogP contribution in [0.15, 0.2) is 48.5 Å². The van der Waals surface area contributed by atoms with Crippen LogP contribution in [0.4, 0.5) is 24.5 Å². The summed E-state index contributed by atoms with van der Waals surface area (Å²) in [5, 5.41) is 2.85. The Kier molecular flexibility index (Phi) is 17.3. The van der Waals surface area contributed by atoms with Crippen LogP contribution >= 0.6 is 0 Å². The van der Waals surface area contributed by atoms with Crippen LogP contribution in [-0.4, -0.2) is 51.6 Å². The number of carbonyl (C=O) groups excluding carboxylic acids is 2. The smallest absolute Gasteiger partial charge is 0.416 e. The molecule has 0 aliphatic heterocycles. The van der Waals surface area contributed by atoms with Crippen LogP contribution in [0.25, 0.3) is 0 Å². The fraction of sp³-hybridized carbons (Fsp3) is 0.562. The Morgan fingerprint density at radius 1 is 0.714 bits per heavy atom. The van der Waals surface area contributed by atoms with Gasteiger partial charge in [-0.15, -0.1) is 0 Å². The van der Waals surface area contributed by atoms with Crippen LogP contribution in [0.5, 0.6) is 0 Å². The number of anilines is 2. The zero-order valence-corrected chi connectivity index (χ0v) is 24.5. The van der Waals surface area contributed by atoms with Crippen molar-refractivity contribution in [3.63, 3.8) is 0 Å². The number of para-hydroxylation sites is 1. The molecule has 0 bridgehead atoms. The molecular formula is C32H44F3NO6. The first-order chi connectivity index (χ1) is 20.3. The second-order valence-corrected chi connectivity index (χ2v) is 9.91. The van der Waals surface area contributed by atoms with Gasteiger partial charge in [0.1, 0.15) is 13.2 Å². The van der Waals surface area contributed by atoms with Gasteiger partial charge in [0, 0.05) is 12.1 Å². The highest BCUT2D eigenvalue weighted by molar-refractivity contribution is 5.96. The number of benzene rings is 2. The summed E-state index contributed by atoms with van der Waals surface area (Å²) in [6.07, 6.45) is 6.73. The first-order valence-corrected chi connectivity index (χ1v) is 14.8. The Morgan fingerprint density at radius 3 is 1.98 bits per heavy atom. The molecule has 2 aromatic carbocycles. The van der Waals surface area contributed by atoms with E-state index in [1.54, 1.807) is 18.2 Å². The molecule has 234 valence electrons. The molecule has 2 aromatic rings. The summed E-state index contributed by atoms with van der Waals surface area (Å²) in [5.74, 6) is -0.833. The zero-order valence-electron chi connectivity index (χ0n) is 24.5. The van der Waals surface area contributed by atoms with Gasteiger partial charge in [-0.25, -0.2) is 4.79 Å². The Bertz CT molecular complexity index is 1050. The van der Waals surface area contributed by atoms with E-state index in [0.29, 0.717) is 18.7 Å². The van der Waals surface area contributed by atoms with Crippen molar-refractivity contribution in [2.24, 2.45) is 0 Å². The van der Waals surface area contributed by atoms with Crippen molar-refractivity contribution in [3.8, 4) is 0 Å². The molecule has 0 aliphatic carbocycles. The molecule has 0 radical (unpaired) electrons. The van der Waals surface area contributed by atoms with Crippen molar-refractivity contribution in [2.75, 3.05) is 45.0 Å². The summed E-state index contributed by atoms with van der Waals surface area (Å²) >= 11 is 0. The molecule has 1 N–H and O–H groups in total. The maximum Gasteiger partial charge on any atom is 0.416 e. The number of nitrogens with one attached hydrogen (secondary N) is 1. The lowest BCUT2D eigenvalue weighted by molar-refractivity contribution is -0.145. The molecule has 0 aliphatic rings. The van der Waals surface area contributed by atoms with E-state index in [1.165, 1.54) is 56.7 Å². The number of halogens is 3. The Hall–Kier alpha value is -3.11. The van der Waals surface area contributed by atoms with Crippen LogP contribution in [0.1, 0.15) is 87.1 Å². The molecule has 0 aromatic heterocycles. The zero-order chi connectivity index (χ0) is 30.5. The predicted molar refractivity (Wildman–Crippen MR) is 156 cm³/mol. The number of hydrogen-bond donors (Lipinski definition) is 1. The Morgan fingerprint density at radius 2 is 1.31 bits per heavy atom. The third-order valence-electron chi connectivity index (χ3n) is 6.42. The van der Waals surface area contributed by atoms with Gasteiger partial charge >= 0.3 is 18.1 Å². The van der Waals surface area contributed by atoms with E-state index in [4.69, 9.17) is 18.9 Å². The molecule has 0 unspecified atom stereocenters. The SMILES string of the molecule is CCCCCCCCCCCC(=O)OCCOCCOCCOC(=O)c1ccccc1Nc1cccc(C(F)(F)F)c1.